The van der Waals surface area contributed by atoms with Gasteiger partial charge in [-0.25, -0.2) is 14.4 Å². The molecule has 6 rings (SSSR count). The van der Waals surface area contributed by atoms with Gasteiger partial charge in [0.2, 0.25) is 5.95 Å². The number of aromatic nitrogens is 4. The van der Waals surface area contributed by atoms with Crippen molar-refractivity contribution in [3.05, 3.63) is 82.8 Å². The van der Waals surface area contributed by atoms with Gasteiger partial charge in [-0.2, -0.15) is 4.98 Å². The Hall–Kier alpha value is -3.69. The van der Waals surface area contributed by atoms with Crippen LogP contribution in [0.2, 0.25) is 5.15 Å². The van der Waals surface area contributed by atoms with E-state index in [1.54, 1.807) is 31.3 Å². The van der Waals surface area contributed by atoms with Gasteiger partial charge in [0.05, 0.1) is 24.1 Å². The van der Waals surface area contributed by atoms with E-state index < -0.39 is 0 Å². The molecule has 0 saturated carbocycles. The van der Waals surface area contributed by atoms with Crippen LogP contribution in [0, 0.1) is 5.82 Å². The summed E-state index contributed by atoms with van der Waals surface area (Å²) in [6.45, 7) is 3.61. The summed E-state index contributed by atoms with van der Waals surface area (Å²) < 4.78 is 26.8. The standard InChI is InChI=1S/C28H28ClFN6O2/c1-28(38-3)14-36(15-28)26-21-10-9-20(17-4-6-18(30)7-5-17)25(21)33-27(34-26)32-19-8-11-22(23(12-19)37-2)35-13-24(29)31-16-35/h4-8,11-13,16,20H,9-10,14-15H2,1-3H3,(H,32,33,34). The zero-order valence-electron chi connectivity index (χ0n) is 21.4. The van der Waals surface area contributed by atoms with Gasteiger partial charge in [-0.05, 0) is 49.6 Å². The van der Waals surface area contributed by atoms with Crippen LogP contribution in [-0.4, -0.2) is 52.4 Å². The summed E-state index contributed by atoms with van der Waals surface area (Å²) in [5.74, 6) is 1.90. The lowest BCUT2D eigenvalue weighted by Crippen LogP contribution is -2.61. The maximum absolute atomic E-state index is 13.6. The summed E-state index contributed by atoms with van der Waals surface area (Å²) in [4.78, 5) is 16.3. The largest absolute Gasteiger partial charge is 0.494 e. The zero-order valence-corrected chi connectivity index (χ0v) is 22.2. The van der Waals surface area contributed by atoms with Gasteiger partial charge in [0.15, 0.2) is 0 Å². The van der Waals surface area contributed by atoms with Crippen LogP contribution in [-0.2, 0) is 11.2 Å². The molecule has 196 valence electrons. The van der Waals surface area contributed by atoms with Crippen LogP contribution < -0.4 is 15.0 Å². The van der Waals surface area contributed by atoms with E-state index in [9.17, 15) is 4.39 Å². The van der Waals surface area contributed by atoms with Crippen molar-refractivity contribution < 1.29 is 13.9 Å². The summed E-state index contributed by atoms with van der Waals surface area (Å²) in [6.07, 6.45) is 5.12. The van der Waals surface area contributed by atoms with E-state index in [1.165, 1.54) is 12.1 Å². The molecule has 3 heterocycles. The quantitative estimate of drug-likeness (QED) is 0.335. The van der Waals surface area contributed by atoms with E-state index in [1.807, 2.05) is 30.3 Å². The minimum Gasteiger partial charge on any atom is -0.494 e. The number of halogens is 2. The Kier molecular flexibility index (Phi) is 6.20. The first-order valence-electron chi connectivity index (χ1n) is 12.5. The highest BCUT2D eigenvalue weighted by molar-refractivity contribution is 6.29. The molecule has 4 aromatic rings. The van der Waals surface area contributed by atoms with Crippen LogP contribution >= 0.6 is 11.6 Å². The lowest BCUT2D eigenvalue weighted by molar-refractivity contribution is -0.0172. The van der Waals surface area contributed by atoms with Gasteiger partial charge >= 0.3 is 0 Å². The average Bonchev–Trinajstić information content (AvgIpc) is 3.53. The van der Waals surface area contributed by atoms with Crippen molar-refractivity contribution in [3.63, 3.8) is 0 Å². The van der Waals surface area contributed by atoms with Crippen molar-refractivity contribution in [1.82, 2.24) is 19.5 Å². The number of anilines is 3. The molecular weight excluding hydrogens is 507 g/mol. The van der Waals surface area contributed by atoms with Crippen LogP contribution in [0.15, 0.2) is 55.0 Å². The molecule has 1 aliphatic heterocycles. The number of methoxy groups -OCH3 is 2. The van der Waals surface area contributed by atoms with Gasteiger partial charge in [-0.3, -0.25) is 0 Å². The van der Waals surface area contributed by atoms with Crippen molar-refractivity contribution in [1.29, 1.82) is 0 Å². The van der Waals surface area contributed by atoms with Crippen LogP contribution in [0.3, 0.4) is 0 Å². The number of nitrogens with zero attached hydrogens (tertiary/aromatic N) is 5. The molecule has 2 aromatic heterocycles. The molecule has 2 aliphatic rings. The SMILES string of the molecule is COc1cc(Nc2nc3c(c(N4CC(C)(OC)C4)n2)CCC3c2ccc(F)cc2)ccc1-n1cnc(Cl)c1. The molecule has 0 spiro atoms. The Labute approximate surface area is 225 Å². The smallest absolute Gasteiger partial charge is 0.229 e. The first-order valence-corrected chi connectivity index (χ1v) is 12.8. The molecule has 8 nitrogen and oxygen atoms in total. The van der Waals surface area contributed by atoms with Crippen LogP contribution in [0.5, 0.6) is 5.75 Å². The highest BCUT2D eigenvalue weighted by Crippen LogP contribution is 2.43. The van der Waals surface area contributed by atoms with Crippen molar-refractivity contribution in [2.75, 3.05) is 37.5 Å². The minimum atomic E-state index is -0.243. The molecule has 1 saturated heterocycles. The third-order valence-corrected chi connectivity index (χ3v) is 7.61. The lowest BCUT2D eigenvalue weighted by atomic mass is 9.95. The van der Waals surface area contributed by atoms with E-state index >= 15 is 0 Å². The molecule has 0 radical (unpaired) electrons. The summed E-state index contributed by atoms with van der Waals surface area (Å²) in [5, 5.41) is 3.78. The maximum Gasteiger partial charge on any atom is 0.229 e. The number of hydrogen-bond acceptors (Lipinski definition) is 7. The number of imidazole rings is 1. The molecule has 10 heteroatoms. The number of rotatable bonds is 7. The number of nitrogens with one attached hydrogen (secondary N) is 1. The predicted octanol–water partition coefficient (Wildman–Crippen LogP) is 5.51. The van der Waals surface area contributed by atoms with Gasteiger partial charge in [-0.15, -0.1) is 0 Å². The highest BCUT2D eigenvalue weighted by atomic mass is 35.5. The van der Waals surface area contributed by atoms with Crippen LogP contribution in [0.25, 0.3) is 5.69 Å². The predicted molar refractivity (Wildman–Crippen MR) is 145 cm³/mol. The van der Waals surface area contributed by atoms with Gasteiger partial charge in [0, 0.05) is 49.6 Å². The summed E-state index contributed by atoms with van der Waals surface area (Å²) in [6, 6.07) is 12.5. The van der Waals surface area contributed by atoms with E-state index in [2.05, 4.69) is 22.1 Å². The lowest BCUT2D eigenvalue weighted by Gasteiger charge is -2.48. The van der Waals surface area contributed by atoms with Crippen LogP contribution in [0.4, 0.5) is 21.8 Å². The summed E-state index contributed by atoms with van der Waals surface area (Å²) in [5.41, 5.74) is 4.57. The first-order chi connectivity index (χ1) is 18.4. The average molecular weight is 535 g/mol. The third kappa shape index (κ3) is 4.46. The molecular formula is C28H28ClFN6O2. The molecule has 1 fully saturated rings. The van der Waals surface area contributed by atoms with E-state index in [0.29, 0.717) is 16.9 Å². The molecule has 2 aromatic carbocycles. The highest BCUT2D eigenvalue weighted by Gasteiger charge is 2.42. The zero-order chi connectivity index (χ0) is 26.4. The van der Waals surface area contributed by atoms with Crippen LogP contribution in [0.1, 0.15) is 36.1 Å². The van der Waals surface area contributed by atoms with Crippen molar-refractivity contribution in [2.24, 2.45) is 0 Å². The fraction of sp³-hybridized carbons (Fsp3) is 0.321. The number of fused-ring (bicyclic) bond motifs is 1. The second-order valence-corrected chi connectivity index (χ2v) is 10.4. The van der Waals surface area contributed by atoms with Crippen molar-refractivity contribution in [3.8, 4) is 11.4 Å². The van der Waals surface area contributed by atoms with Gasteiger partial charge in [-0.1, -0.05) is 23.7 Å². The van der Waals surface area contributed by atoms with Gasteiger partial charge < -0.3 is 24.3 Å². The Morgan fingerprint density at radius 1 is 1.11 bits per heavy atom. The summed E-state index contributed by atoms with van der Waals surface area (Å²) >= 11 is 6.01. The summed E-state index contributed by atoms with van der Waals surface area (Å²) in [7, 11) is 3.36. The number of benzene rings is 2. The normalized spacial score (nSPS) is 17.7. The molecule has 0 amide bonds. The number of hydrogen-bond donors (Lipinski definition) is 1. The fourth-order valence-corrected chi connectivity index (χ4v) is 5.50. The van der Waals surface area contributed by atoms with Gasteiger partial charge in [0.25, 0.3) is 0 Å². The topological polar surface area (TPSA) is 77.3 Å². The molecule has 1 atom stereocenters. The molecule has 1 unspecified atom stereocenters. The first kappa shape index (κ1) is 24.6. The second-order valence-electron chi connectivity index (χ2n) is 10.0. The van der Waals surface area contributed by atoms with E-state index in [-0.39, 0.29) is 17.3 Å². The maximum atomic E-state index is 13.6. The van der Waals surface area contributed by atoms with Gasteiger partial charge in [0.1, 0.15) is 28.9 Å². The Bertz CT molecular complexity index is 1490. The monoisotopic (exact) mass is 534 g/mol. The second kappa shape index (κ2) is 9.56. The Balaban J connectivity index is 1.36. The molecule has 0 bridgehead atoms. The molecule has 1 N–H and O–H groups in total. The Morgan fingerprint density at radius 2 is 1.89 bits per heavy atom. The fourth-order valence-electron chi connectivity index (χ4n) is 5.35. The van der Waals surface area contributed by atoms with E-state index in [4.69, 9.17) is 31.0 Å². The third-order valence-electron chi connectivity index (χ3n) is 7.41. The molecule has 38 heavy (non-hydrogen) atoms. The molecule has 1 aliphatic carbocycles. The van der Waals surface area contributed by atoms with Crippen molar-refractivity contribution >= 4 is 29.1 Å². The van der Waals surface area contributed by atoms with E-state index in [0.717, 1.165) is 59.9 Å². The Morgan fingerprint density at radius 3 is 2.58 bits per heavy atom. The number of ether oxygens (including phenoxy) is 2. The minimum absolute atomic E-state index is 0.0749. The van der Waals surface area contributed by atoms with Crippen molar-refractivity contribution in [2.45, 2.75) is 31.3 Å².